The second-order valence-electron chi connectivity index (χ2n) is 12.7. The Labute approximate surface area is 266 Å². The summed E-state index contributed by atoms with van der Waals surface area (Å²) in [5.41, 5.74) is 14.7. The lowest BCUT2D eigenvalue weighted by molar-refractivity contribution is 0.669. The minimum absolute atomic E-state index is 0.416. The van der Waals surface area contributed by atoms with E-state index in [2.05, 4.69) is 152 Å². The van der Waals surface area contributed by atoms with Gasteiger partial charge < -0.3 is 4.42 Å². The molecule has 9 aromatic rings. The van der Waals surface area contributed by atoms with E-state index in [-0.39, 0.29) is 0 Å². The molecule has 0 bridgehead atoms. The Morgan fingerprint density at radius 3 is 1.91 bits per heavy atom. The summed E-state index contributed by atoms with van der Waals surface area (Å²) in [6.07, 6.45) is 0. The molecule has 1 heterocycles. The predicted molar refractivity (Wildman–Crippen MR) is 190 cm³/mol. The van der Waals surface area contributed by atoms with E-state index in [1.165, 1.54) is 77.2 Å². The van der Waals surface area contributed by atoms with E-state index < -0.39 is 5.41 Å². The molecule has 11 rings (SSSR count). The fourth-order valence-electron chi connectivity index (χ4n) is 9.01. The fourth-order valence-corrected chi connectivity index (χ4v) is 9.01. The zero-order valence-corrected chi connectivity index (χ0v) is 24.9. The molecule has 2 aliphatic rings. The molecule has 1 atom stereocenters. The monoisotopic (exact) mass is 582 g/mol. The highest BCUT2D eigenvalue weighted by atomic mass is 16.3. The van der Waals surface area contributed by atoms with Crippen LogP contribution in [0.2, 0.25) is 0 Å². The van der Waals surface area contributed by atoms with Gasteiger partial charge in [0.25, 0.3) is 0 Å². The van der Waals surface area contributed by atoms with E-state index in [9.17, 15) is 0 Å². The summed E-state index contributed by atoms with van der Waals surface area (Å²) in [5.74, 6) is 0. The SMILES string of the molecule is c1ccc(C23c4ccccc4-c4cccc(c42)-c2c4ccccc4c(-c4ccc5oc6ccccc6c5c4)c4cccc3c24)cc1. The number of hydrogen-bond acceptors (Lipinski definition) is 1. The maximum atomic E-state index is 6.25. The third-order valence-electron chi connectivity index (χ3n) is 10.7. The van der Waals surface area contributed by atoms with Crippen LogP contribution in [0.5, 0.6) is 0 Å². The molecule has 1 heteroatoms. The maximum absolute atomic E-state index is 6.25. The molecule has 212 valence electrons. The number of furan rings is 1. The summed E-state index contributed by atoms with van der Waals surface area (Å²) in [6, 6.07) is 58.3. The molecule has 0 amide bonds. The first-order valence-electron chi connectivity index (χ1n) is 16.0. The topological polar surface area (TPSA) is 13.1 Å². The van der Waals surface area contributed by atoms with E-state index >= 15 is 0 Å². The van der Waals surface area contributed by atoms with Crippen molar-refractivity contribution in [3.05, 3.63) is 180 Å². The number of para-hydroxylation sites is 1. The summed E-state index contributed by atoms with van der Waals surface area (Å²) >= 11 is 0. The smallest absolute Gasteiger partial charge is 0.135 e. The van der Waals surface area contributed by atoms with E-state index in [0.717, 1.165) is 21.9 Å². The Bertz CT molecular complexity index is 2750. The minimum atomic E-state index is -0.416. The lowest BCUT2D eigenvalue weighted by Crippen LogP contribution is -2.31. The summed E-state index contributed by atoms with van der Waals surface area (Å²) in [5, 5.41) is 7.50. The molecule has 1 unspecified atom stereocenters. The highest BCUT2D eigenvalue weighted by Gasteiger charge is 2.50. The van der Waals surface area contributed by atoms with Crippen molar-refractivity contribution < 1.29 is 4.42 Å². The first-order chi connectivity index (χ1) is 22.8. The predicted octanol–water partition coefficient (Wildman–Crippen LogP) is 11.9. The quantitative estimate of drug-likeness (QED) is 0.185. The Balaban J connectivity index is 1.36. The second kappa shape index (κ2) is 8.62. The van der Waals surface area contributed by atoms with Gasteiger partial charge in [-0.3, -0.25) is 0 Å². The number of fused-ring (bicyclic) bond motifs is 10. The van der Waals surface area contributed by atoms with E-state index in [1.54, 1.807) is 0 Å². The molecule has 0 fully saturated rings. The Hall–Kier alpha value is -5.92. The van der Waals surface area contributed by atoms with E-state index in [0.29, 0.717) is 0 Å². The van der Waals surface area contributed by atoms with Gasteiger partial charge in [-0.05, 0) is 95.4 Å². The number of benzene rings is 8. The lowest BCUT2D eigenvalue weighted by atomic mass is 9.61. The first-order valence-corrected chi connectivity index (χ1v) is 16.0. The zero-order valence-electron chi connectivity index (χ0n) is 24.9. The van der Waals surface area contributed by atoms with Crippen LogP contribution in [0.3, 0.4) is 0 Å². The standard InChI is InChI=1S/C45H26O/c1-2-12-28(13-3-1)45-37-21-8-6-14-29(37)33-18-10-20-35(44(33)45)42-32-17-5-4-16-31(32)41(34-19-11-22-38(45)43(34)42)27-24-25-40-36(26-27)30-15-7-9-23-39(30)46-40/h1-26H. The van der Waals surface area contributed by atoms with Crippen LogP contribution in [0.4, 0.5) is 0 Å². The van der Waals surface area contributed by atoms with Crippen molar-refractivity contribution in [2.45, 2.75) is 5.41 Å². The van der Waals surface area contributed by atoms with Crippen molar-refractivity contribution >= 4 is 43.5 Å². The molecule has 1 nitrogen and oxygen atoms in total. The van der Waals surface area contributed by atoms with Crippen molar-refractivity contribution in [2.24, 2.45) is 0 Å². The van der Waals surface area contributed by atoms with Gasteiger partial charge in [-0.2, -0.15) is 0 Å². The molecule has 0 aliphatic heterocycles. The third-order valence-corrected chi connectivity index (χ3v) is 10.7. The average Bonchev–Trinajstić information content (AvgIpc) is 3.65. The maximum Gasteiger partial charge on any atom is 0.135 e. The lowest BCUT2D eigenvalue weighted by Gasteiger charge is -2.40. The summed E-state index contributed by atoms with van der Waals surface area (Å²) < 4.78 is 6.25. The highest BCUT2D eigenvalue weighted by molar-refractivity contribution is 6.25. The Morgan fingerprint density at radius 1 is 0.391 bits per heavy atom. The van der Waals surface area contributed by atoms with Crippen LogP contribution in [0, 0.1) is 0 Å². The number of hydrogen-bond donors (Lipinski definition) is 0. The average molecular weight is 583 g/mol. The summed E-state index contributed by atoms with van der Waals surface area (Å²) in [7, 11) is 0. The van der Waals surface area contributed by atoms with E-state index in [4.69, 9.17) is 4.42 Å². The highest BCUT2D eigenvalue weighted by Crippen LogP contribution is 2.64. The molecular formula is C45H26O. The van der Waals surface area contributed by atoms with Crippen molar-refractivity contribution in [2.75, 3.05) is 0 Å². The molecule has 0 saturated heterocycles. The van der Waals surface area contributed by atoms with Gasteiger partial charge in [0, 0.05) is 10.8 Å². The van der Waals surface area contributed by atoms with Crippen LogP contribution in [0.15, 0.2) is 162 Å². The number of rotatable bonds is 2. The second-order valence-corrected chi connectivity index (χ2v) is 12.7. The van der Waals surface area contributed by atoms with Gasteiger partial charge >= 0.3 is 0 Å². The van der Waals surface area contributed by atoms with Crippen LogP contribution >= 0.6 is 0 Å². The van der Waals surface area contributed by atoms with Crippen molar-refractivity contribution in [1.82, 2.24) is 0 Å². The van der Waals surface area contributed by atoms with Gasteiger partial charge in [-0.1, -0.05) is 140 Å². The van der Waals surface area contributed by atoms with Crippen LogP contribution in [-0.2, 0) is 5.41 Å². The van der Waals surface area contributed by atoms with Gasteiger partial charge in [0.2, 0.25) is 0 Å². The van der Waals surface area contributed by atoms with Crippen LogP contribution in [0.25, 0.3) is 76.9 Å². The molecule has 0 N–H and O–H groups in total. The van der Waals surface area contributed by atoms with E-state index in [1.807, 2.05) is 6.07 Å². The molecule has 8 aromatic carbocycles. The van der Waals surface area contributed by atoms with Gasteiger partial charge in [0.1, 0.15) is 11.2 Å². The zero-order chi connectivity index (χ0) is 30.0. The molecular weight excluding hydrogens is 556 g/mol. The van der Waals surface area contributed by atoms with Crippen LogP contribution in [-0.4, -0.2) is 0 Å². The summed E-state index contributed by atoms with van der Waals surface area (Å²) in [4.78, 5) is 0. The van der Waals surface area contributed by atoms with Gasteiger partial charge in [0.15, 0.2) is 0 Å². The molecule has 2 aliphatic carbocycles. The molecule has 0 spiro atoms. The fraction of sp³-hybridized carbons (Fsp3) is 0.0222. The van der Waals surface area contributed by atoms with Crippen LogP contribution in [0.1, 0.15) is 22.3 Å². The molecule has 1 aromatic heterocycles. The minimum Gasteiger partial charge on any atom is -0.456 e. The summed E-state index contributed by atoms with van der Waals surface area (Å²) in [6.45, 7) is 0. The normalized spacial score (nSPS) is 15.9. The van der Waals surface area contributed by atoms with Crippen molar-refractivity contribution in [1.29, 1.82) is 0 Å². The van der Waals surface area contributed by atoms with Gasteiger partial charge in [-0.15, -0.1) is 0 Å². The first kappa shape index (κ1) is 24.4. The molecule has 0 radical (unpaired) electrons. The van der Waals surface area contributed by atoms with Crippen molar-refractivity contribution in [3.63, 3.8) is 0 Å². The van der Waals surface area contributed by atoms with Gasteiger partial charge in [-0.25, -0.2) is 0 Å². The third kappa shape index (κ3) is 2.83. The van der Waals surface area contributed by atoms with Crippen molar-refractivity contribution in [3.8, 4) is 33.4 Å². The largest absolute Gasteiger partial charge is 0.456 e. The Morgan fingerprint density at radius 2 is 1.02 bits per heavy atom. The van der Waals surface area contributed by atoms with Crippen LogP contribution < -0.4 is 0 Å². The Kier molecular flexibility index (Phi) is 4.57. The van der Waals surface area contributed by atoms with Gasteiger partial charge in [0.05, 0.1) is 5.41 Å². The molecule has 0 saturated carbocycles. The molecule has 46 heavy (non-hydrogen) atoms.